The van der Waals surface area contributed by atoms with E-state index in [-0.39, 0.29) is 6.42 Å². The van der Waals surface area contributed by atoms with Gasteiger partial charge in [-0.15, -0.1) is 0 Å². The zero-order chi connectivity index (χ0) is 7.40. The molecule has 0 unspecified atom stereocenters. The highest BCUT2D eigenvalue weighted by molar-refractivity contribution is 5.13. The number of rotatable bonds is 2. The van der Waals surface area contributed by atoms with E-state index in [1.54, 1.807) is 12.1 Å². The minimum Gasteiger partial charge on any atom is -0.368 e. The van der Waals surface area contributed by atoms with E-state index in [9.17, 15) is 0 Å². The zero-order valence-electron chi connectivity index (χ0n) is 5.49. The van der Waals surface area contributed by atoms with Crippen LogP contribution in [0.3, 0.4) is 0 Å². The summed E-state index contributed by atoms with van der Waals surface area (Å²) in [6, 6.07) is 10.1. The molecule has 0 saturated heterocycles. The van der Waals surface area contributed by atoms with Crippen molar-refractivity contribution in [1.82, 2.24) is 0 Å². The Bertz CT molecular complexity index is 182. The average molecular weight is 137 g/mol. The first-order valence-corrected chi connectivity index (χ1v) is 3.11. The van der Waals surface area contributed by atoms with Crippen LogP contribution < -0.4 is 0 Å². The first-order chi connectivity index (χ1) is 4.79. The second kappa shape index (κ2) is 3.34. The molecule has 0 aliphatic rings. The first kappa shape index (κ1) is 7.25. The van der Waals surface area contributed by atoms with Gasteiger partial charge in [0.1, 0.15) is 0 Å². The SMILES string of the molecule is OC(O)Cc1[c]cccc1. The van der Waals surface area contributed by atoms with Gasteiger partial charge >= 0.3 is 0 Å². The Morgan fingerprint density at radius 3 is 2.70 bits per heavy atom. The maximum Gasteiger partial charge on any atom is 0.155 e. The molecule has 0 fully saturated rings. The average Bonchev–Trinajstić information content (AvgIpc) is 1.88. The van der Waals surface area contributed by atoms with Crippen LogP contribution in [0.4, 0.5) is 0 Å². The topological polar surface area (TPSA) is 40.5 Å². The van der Waals surface area contributed by atoms with Crippen molar-refractivity contribution in [3.63, 3.8) is 0 Å². The summed E-state index contributed by atoms with van der Waals surface area (Å²) in [5.74, 6) is 0. The Morgan fingerprint density at radius 1 is 1.40 bits per heavy atom. The zero-order valence-corrected chi connectivity index (χ0v) is 5.49. The van der Waals surface area contributed by atoms with Gasteiger partial charge in [-0.2, -0.15) is 0 Å². The normalized spacial score (nSPS) is 10.3. The molecule has 0 aliphatic carbocycles. The predicted molar refractivity (Wildman–Crippen MR) is 37.2 cm³/mol. The van der Waals surface area contributed by atoms with Crippen molar-refractivity contribution >= 4 is 0 Å². The molecule has 0 aliphatic heterocycles. The Labute approximate surface area is 59.7 Å². The highest BCUT2D eigenvalue weighted by atomic mass is 16.5. The van der Waals surface area contributed by atoms with Gasteiger partial charge in [0.05, 0.1) is 0 Å². The van der Waals surface area contributed by atoms with Gasteiger partial charge in [0, 0.05) is 6.42 Å². The molecule has 1 aromatic rings. The lowest BCUT2D eigenvalue weighted by Gasteiger charge is -2.00. The summed E-state index contributed by atoms with van der Waals surface area (Å²) in [6.07, 6.45) is -1.01. The second-order valence-corrected chi connectivity index (χ2v) is 2.07. The molecule has 1 aromatic carbocycles. The highest BCUT2D eigenvalue weighted by Gasteiger charge is 1.97. The molecule has 0 atom stereocenters. The van der Waals surface area contributed by atoms with Crippen molar-refractivity contribution in [1.29, 1.82) is 0 Å². The molecule has 2 nitrogen and oxygen atoms in total. The minimum absolute atomic E-state index is 0.251. The quantitative estimate of drug-likeness (QED) is 0.577. The number of hydrogen-bond acceptors (Lipinski definition) is 2. The van der Waals surface area contributed by atoms with Gasteiger partial charge in [0.15, 0.2) is 6.29 Å². The first-order valence-electron chi connectivity index (χ1n) is 3.11. The van der Waals surface area contributed by atoms with Crippen LogP contribution in [0.1, 0.15) is 5.56 Å². The Balaban J connectivity index is 2.59. The third-order valence-electron chi connectivity index (χ3n) is 1.18. The molecule has 1 rings (SSSR count). The van der Waals surface area contributed by atoms with Crippen molar-refractivity contribution < 1.29 is 10.2 Å². The molecule has 0 amide bonds. The monoisotopic (exact) mass is 137 g/mol. The van der Waals surface area contributed by atoms with Gasteiger partial charge in [-0.25, -0.2) is 0 Å². The molecular formula is C8H9O2. The maximum atomic E-state index is 8.54. The summed E-state index contributed by atoms with van der Waals surface area (Å²) in [5.41, 5.74) is 0.817. The van der Waals surface area contributed by atoms with Crippen molar-refractivity contribution in [2.24, 2.45) is 0 Å². The summed E-state index contributed by atoms with van der Waals surface area (Å²) in [7, 11) is 0. The van der Waals surface area contributed by atoms with E-state index < -0.39 is 6.29 Å². The lowest BCUT2D eigenvalue weighted by atomic mass is 10.1. The van der Waals surface area contributed by atoms with Crippen LogP contribution in [0.15, 0.2) is 24.3 Å². The van der Waals surface area contributed by atoms with Crippen LogP contribution in [0, 0.1) is 6.07 Å². The number of aliphatic hydroxyl groups is 2. The van der Waals surface area contributed by atoms with E-state index >= 15 is 0 Å². The molecule has 0 saturated carbocycles. The van der Waals surface area contributed by atoms with E-state index in [1.165, 1.54) is 0 Å². The molecule has 2 N–H and O–H groups in total. The Hall–Kier alpha value is -0.860. The molecule has 1 radical (unpaired) electrons. The predicted octanol–water partition coefficient (Wildman–Crippen LogP) is 0.340. The van der Waals surface area contributed by atoms with E-state index in [0.29, 0.717) is 0 Å². The van der Waals surface area contributed by atoms with E-state index in [2.05, 4.69) is 6.07 Å². The fraction of sp³-hybridized carbons (Fsp3) is 0.250. The van der Waals surface area contributed by atoms with Crippen molar-refractivity contribution in [2.75, 3.05) is 0 Å². The third-order valence-corrected chi connectivity index (χ3v) is 1.18. The van der Waals surface area contributed by atoms with Gasteiger partial charge in [-0.3, -0.25) is 0 Å². The highest BCUT2D eigenvalue weighted by Crippen LogP contribution is 1.99. The van der Waals surface area contributed by atoms with Gasteiger partial charge in [-0.1, -0.05) is 24.3 Å². The standard InChI is InChI=1S/C8H9O2/c9-8(10)6-7-4-2-1-3-5-7/h1-4,8-10H,6H2. The Kier molecular flexibility index (Phi) is 2.42. The lowest BCUT2D eigenvalue weighted by Crippen LogP contribution is -2.07. The fourth-order valence-corrected chi connectivity index (χ4v) is 0.754. The number of benzene rings is 1. The van der Waals surface area contributed by atoms with E-state index in [1.807, 2.05) is 12.1 Å². The van der Waals surface area contributed by atoms with Crippen molar-refractivity contribution in [2.45, 2.75) is 12.7 Å². The van der Waals surface area contributed by atoms with E-state index in [4.69, 9.17) is 10.2 Å². The fourth-order valence-electron chi connectivity index (χ4n) is 0.754. The molecule has 0 heterocycles. The third kappa shape index (κ3) is 2.17. The summed E-state index contributed by atoms with van der Waals surface area (Å²) in [5, 5.41) is 17.1. The van der Waals surface area contributed by atoms with Crippen LogP contribution in [-0.4, -0.2) is 16.5 Å². The van der Waals surface area contributed by atoms with Gasteiger partial charge < -0.3 is 10.2 Å². The largest absolute Gasteiger partial charge is 0.368 e. The summed E-state index contributed by atoms with van der Waals surface area (Å²) < 4.78 is 0. The van der Waals surface area contributed by atoms with Crippen molar-refractivity contribution in [3.05, 3.63) is 35.9 Å². The summed E-state index contributed by atoms with van der Waals surface area (Å²) in [4.78, 5) is 0. The molecule has 10 heavy (non-hydrogen) atoms. The van der Waals surface area contributed by atoms with Crippen molar-refractivity contribution in [3.8, 4) is 0 Å². The molecule has 0 spiro atoms. The van der Waals surface area contributed by atoms with Crippen LogP contribution in [0.25, 0.3) is 0 Å². The van der Waals surface area contributed by atoms with Gasteiger partial charge in [-0.05, 0) is 11.6 Å². The molecule has 0 bridgehead atoms. The minimum atomic E-state index is -1.27. The smallest absolute Gasteiger partial charge is 0.155 e. The summed E-state index contributed by atoms with van der Waals surface area (Å²) in [6.45, 7) is 0. The number of aliphatic hydroxyl groups excluding tert-OH is 1. The second-order valence-electron chi connectivity index (χ2n) is 2.07. The molecule has 0 aromatic heterocycles. The molecule has 53 valence electrons. The van der Waals surface area contributed by atoms with Crippen LogP contribution >= 0.6 is 0 Å². The lowest BCUT2D eigenvalue weighted by molar-refractivity contribution is -0.0381. The van der Waals surface area contributed by atoms with Crippen LogP contribution in [0.5, 0.6) is 0 Å². The summed E-state index contributed by atoms with van der Waals surface area (Å²) >= 11 is 0. The van der Waals surface area contributed by atoms with Crippen LogP contribution in [-0.2, 0) is 6.42 Å². The van der Waals surface area contributed by atoms with E-state index in [0.717, 1.165) is 5.56 Å². The van der Waals surface area contributed by atoms with Gasteiger partial charge in [0.2, 0.25) is 0 Å². The molecular weight excluding hydrogens is 128 g/mol. The number of hydrogen-bond donors (Lipinski definition) is 2. The van der Waals surface area contributed by atoms with Crippen LogP contribution in [0.2, 0.25) is 0 Å². The molecule has 2 heteroatoms. The Morgan fingerprint density at radius 2 is 2.20 bits per heavy atom. The van der Waals surface area contributed by atoms with Gasteiger partial charge in [0.25, 0.3) is 0 Å². The maximum absolute atomic E-state index is 8.54.